The molecule has 1 nitrogen and oxygen atoms in total. The van der Waals surface area contributed by atoms with Crippen molar-refractivity contribution in [3.05, 3.63) is 57.2 Å². The minimum Gasteiger partial charge on any atom is 0 e. The van der Waals surface area contributed by atoms with Crippen molar-refractivity contribution in [1.29, 1.82) is 0 Å². The van der Waals surface area contributed by atoms with Gasteiger partial charge in [-0.2, -0.15) is 0 Å². The third kappa shape index (κ3) is 1.85. The van der Waals surface area contributed by atoms with E-state index in [2.05, 4.69) is 49.4 Å². The Morgan fingerprint density at radius 3 is 2.42 bits per heavy atom. The van der Waals surface area contributed by atoms with Crippen molar-refractivity contribution in [3.8, 4) is 0 Å². The summed E-state index contributed by atoms with van der Waals surface area (Å²) in [6.45, 7) is 2.76. The smallest absolute Gasteiger partial charge is 0 e. The first-order valence-electron chi connectivity index (χ1n) is 5.60. The summed E-state index contributed by atoms with van der Waals surface area (Å²) in [5.74, 6) is 0.0920. The molecule has 1 radical (unpaired) electrons. The molecule has 0 saturated carbocycles. The Kier molecular flexibility index (Phi) is 3.75. The van der Waals surface area contributed by atoms with Crippen LogP contribution >= 0.6 is 6.88 Å². The molecule has 4 heteroatoms. The van der Waals surface area contributed by atoms with Crippen LogP contribution in [-0.4, -0.2) is 5.78 Å². The van der Waals surface area contributed by atoms with E-state index in [1.807, 2.05) is 0 Å². The molecule has 0 aliphatic heterocycles. The average molecular weight is 599 g/mol. The maximum Gasteiger partial charge on any atom is 0 e. The fourth-order valence-corrected chi connectivity index (χ4v) is 5.46. The topological polar surface area (TPSA) is 17.1 Å². The van der Waals surface area contributed by atoms with Gasteiger partial charge >= 0.3 is 117 Å². The van der Waals surface area contributed by atoms with Crippen molar-refractivity contribution >= 4 is 34.6 Å². The molecule has 93 valence electrons. The molecular weight excluding hydrogens is 591 g/mol. The van der Waals surface area contributed by atoms with Crippen LogP contribution in [0.25, 0.3) is 21.9 Å². The van der Waals surface area contributed by atoms with Crippen LogP contribution in [0.4, 0.5) is 0 Å². The van der Waals surface area contributed by atoms with E-state index in [-0.39, 0.29) is 56.4 Å². The second-order valence-corrected chi connectivity index (χ2v) is 7.50. The standard InChI is InChI=1S/C15H8IOP.Np/c17-12-7-11-9-5-1-3-8-4-2-6-10(13(8)9)14(11)15(12)16-18;/h1-6H,18H2;/q-2;. The van der Waals surface area contributed by atoms with Crippen molar-refractivity contribution < 1.29 is 55.4 Å². The number of fused-ring (bicyclic) bond motifs is 3. The third-order valence-corrected chi connectivity index (χ3v) is 6.58. The minimum absolute atomic E-state index is 0. The number of ketones is 1. The summed E-state index contributed by atoms with van der Waals surface area (Å²) in [7, 11) is 0. The number of carbonyl (C=O) groups excluding carboxylic acids is 1. The number of carbonyl (C=O) groups is 1. The first-order chi connectivity index (χ1) is 8.81. The Morgan fingerprint density at radius 2 is 1.74 bits per heavy atom. The molecule has 1 atom stereocenters. The fraction of sp³-hybridized carbons (Fsp3) is 0. The number of Topliss-reactive ketones (excluding diaryl/α,β-unsaturated/α-hetero) is 1. The van der Waals surface area contributed by atoms with Crippen molar-refractivity contribution in [3.63, 3.8) is 0 Å². The number of hydrogen-bond donors (Lipinski definition) is 0. The molecule has 0 saturated heterocycles. The van der Waals surface area contributed by atoms with E-state index in [0.29, 0.717) is 0 Å². The van der Waals surface area contributed by atoms with Crippen molar-refractivity contribution in [2.75, 3.05) is 0 Å². The van der Waals surface area contributed by atoms with Crippen molar-refractivity contribution in [2.45, 2.75) is 0 Å². The summed E-state index contributed by atoms with van der Waals surface area (Å²) in [5, 5.41) is 2.53. The van der Waals surface area contributed by atoms with E-state index in [4.69, 9.17) is 0 Å². The van der Waals surface area contributed by atoms with Gasteiger partial charge in [-0.1, -0.05) is 0 Å². The molecule has 0 bridgehead atoms. The molecule has 1 unspecified atom stereocenters. The van der Waals surface area contributed by atoms with Gasteiger partial charge in [0.1, 0.15) is 0 Å². The summed E-state index contributed by atoms with van der Waals surface area (Å²) in [4.78, 5) is 12.0. The molecule has 0 heterocycles. The molecule has 19 heavy (non-hydrogen) atoms. The Bertz CT molecular complexity index is 787. The molecule has 2 aliphatic rings. The fourth-order valence-electron chi connectivity index (χ4n) is 2.77. The third-order valence-electron chi connectivity index (χ3n) is 3.46. The van der Waals surface area contributed by atoms with Crippen LogP contribution < -0.4 is 20.7 Å². The number of rotatable bonds is 1. The van der Waals surface area contributed by atoms with Crippen LogP contribution in [0, 0.1) is 36.0 Å². The van der Waals surface area contributed by atoms with Gasteiger partial charge in [0.25, 0.3) is 0 Å². The summed E-state index contributed by atoms with van der Waals surface area (Å²) in [6, 6.07) is 12.6. The van der Waals surface area contributed by atoms with Crippen LogP contribution in [0.5, 0.6) is 0 Å². The van der Waals surface area contributed by atoms with E-state index >= 15 is 0 Å². The summed E-state index contributed by atoms with van der Waals surface area (Å²) >= 11 is -0.295. The van der Waals surface area contributed by atoms with Crippen LogP contribution in [0.15, 0.2) is 40.0 Å². The quantitative estimate of drug-likeness (QED) is 0.261. The minimum atomic E-state index is -0.295. The second-order valence-electron chi connectivity index (χ2n) is 4.34. The van der Waals surface area contributed by atoms with E-state index in [1.54, 1.807) is 0 Å². The molecular formula is C15H8INpOP-2. The average Bonchev–Trinajstić information content (AvgIpc) is 2.87. The van der Waals surface area contributed by atoms with Gasteiger partial charge in [-0.25, -0.2) is 0 Å². The van der Waals surface area contributed by atoms with Crippen LogP contribution in [0.3, 0.4) is 0 Å². The van der Waals surface area contributed by atoms with Gasteiger partial charge in [0, 0.05) is 29.9 Å². The largest absolute Gasteiger partial charge is 0 e. The number of allylic oxidation sites excluding steroid dienone is 4. The van der Waals surface area contributed by atoms with Gasteiger partial charge in [0.15, 0.2) is 0 Å². The van der Waals surface area contributed by atoms with E-state index in [9.17, 15) is 4.79 Å². The maximum atomic E-state index is 12.0. The van der Waals surface area contributed by atoms with Crippen LogP contribution in [-0.2, 0) is 4.79 Å². The van der Waals surface area contributed by atoms with Crippen molar-refractivity contribution in [2.24, 2.45) is 0 Å². The summed E-state index contributed by atoms with van der Waals surface area (Å²) in [6.07, 6.45) is 3.04. The number of halogens is 1. The molecule has 0 amide bonds. The van der Waals surface area contributed by atoms with Crippen molar-refractivity contribution in [1.82, 2.24) is 0 Å². The molecule has 2 aliphatic carbocycles. The van der Waals surface area contributed by atoms with E-state index in [1.165, 1.54) is 21.9 Å². The zero-order valence-electron chi connectivity index (χ0n) is 9.77. The maximum absolute atomic E-state index is 12.0. The Labute approximate surface area is 146 Å². The summed E-state index contributed by atoms with van der Waals surface area (Å²) < 4.78 is 0.984. The van der Waals surface area contributed by atoms with Crippen LogP contribution in [0.2, 0.25) is 0 Å². The Hall–Kier alpha value is 0.0230. The zero-order valence-corrected chi connectivity index (χ0v) is 16.8. The Balaban J connectivity index is 0.00000110. The van der Waals surface area contributed by atoms with Crippen LogP contribution in [0.1, 0.15) is 11.1 Å². The SMILES string of the molecule is O=C1[C-]=C2C(=C1[I-]P)c1cccc3cccc2c13.[Np]. The predicted octanol–water partition coefficient (Wildman–Crippen LogP) is 0.213. The van der Waals surface area contributed by atoms with Gasteiger partial charge in [0.2, 0.25) is 0 Å². The predicted molar refractivity (Wildman–Crippen MR) is 72.2 cm³/mol. The molecule has 0 N–H and O–H groups in total. The normalized spacial score (nSPS) is 15.8. The van der Waals surface area contributed by atoms with E-state index in [0.717, 1.165) is 14.7 Å². The molecule has 2 aromatic carbocycles. The summed E-state index contributed by atoms with van der Waals surface area (Å²) in [5.41, 5.74) is 4.55. The zero-order chi connectivity index (χ0) is 12.3. The molecule has 0 aromatic heterocycles. The number of benzene rings is 2. The Morgan fingerprint density at radius 1 is 1.05 bits per heavy atom. The van der Waals surface area contributed by atoms with Gasteiger partial charge in [-0.3, -0.25) is 0 Å². The monoisotopic (exact) mass is 598 g/mol. The molecule has 4 rings (SSSR count). The van der Waals surface area contributed by atoms with E-state index < -0.39 is 0 Å². The molecule has 2 aromatic rings. The first kappa shape index (κ1) is 14.0. The number of hydrogen-bond acceptors (Lipinski definition) is 1. The van der Waals surface area contributed by atoms with Gasteiger partial charge in [-0.15, -0.1) is 0 Å². The first-order valence-corrected chi connectivity index (χ1v) is 10.9. The molecule has 0 fully saturated rings. The molecule has 0 spiro atoms. The van der Waals surface area contributed by atoms with Gasteiger partial charge < -0.3 is 0 Å². The second kappa shape index (κ2) is 5.09. The van der Waals surface area contributed by atoms with Gasteiger partial charge in [0.05, 0.1) is 0 Å². The van der Waals surface area contributed by atoms with Gasteiger partial charge in [-0.05, 0) is 0 Å².